The van der Waals surface area contributed by atoms with Gasteiger partial charge in [0, 0.05) is 9.50 Å². The van der Waals surface area contributed by atoms with Crippen LogP contribution in [0, 0.1) is 6.92 Å². The summed E-state index contributed by atoms with van der Waals surface area (Å²) < 4.78 is 0.827. The lowest BCUT2D eigenvalue weighted by atomic mass is 10.0. The quantitative estimate of drug-likeness (QED) is 0.813. The van der Waals surface area contributed by atoms with Gasteiger partial charge in [0.25, 0.3) is 0 Å². The van der Waals surface area contributed by atoms with E-state index in [0.717, 1.165) is 15.6 Å². The highest BCUT2D eigenvalue weighted by Crippen LogP contribution is 2.30. The summed E-state index contributed by atoms with van der Waals surface area (Å²) in [6, 6.07) is 13.3. The van der Waals surface area contributed by atoms with Crippen molar-refractivity contribution in [2.24, 2.45) is 0 Å². The van der Waals surface area contributed by atoms with Crippen molar-refractivity contribution in [3.05, 3.63) is 63.1 Å². The second kappa shape index (κ2) is 6.42. The first kappa shape index (κ1) is 15.1. The van der Waals surface area contributed by atoms with E-state index in [-0.39, 0.29) is 11.8 Å². The Morgan fingerprint density at radius 2 is 1.90 bits per heavy atom. The third kappa shape index (κ3) is 3.41. The number of aryl methyl sites for hydroxylation is 1. The van der Waals surface area contributed by atoms with Crippen LogP contribution in [0.4, 0.5) is 5.69 Å². The molecule has 0 saturated carbocycles. The number of nitrogens with one attached hydrogen (secondary N) is 1. The molecule has 104 valence electrons. The molecule has 0 aliphatic heterocycles. The summed E-state index contributed by atoms with van der Waals surface area (Å²) in [5.41, 5.74) is 2.64. The third-order valence-electron chi connectivity index (χ3n) is 3.20. The zero-order valence-electron chi connectivity index (χ0n) is 11.3. The molecule has 0 aromatic heterocycles. The van der Waals surface area contributed by atoms with Crippen LogP contribution in [0.3, 0.4) is 0 Å². The van der Waals surface area contributed by atoms with E-state index in [1.807, 2.05) is 50.2 Å². The fourth-order valence-electron chi connectivity index (χ4n) is 1.88. The minimum absolute atomic E-state index is 0.0585. The van der Waals surface area contributed by atoms with E-state index in [2.05, 4.69) is 21.2 Å². The highest BCUT2D eigenvalue weighted by molar-refractivity contribution is 9.10. The molecule has 0 saturated heterocycles. The van der Waals surface area contributed by atoms with Gasteiger partial charge in [-0.15, -0.1) is 0 Å². The van der Waals surface area contributed by atoms with Crippen LogP contribution >= 0.6 is 27.5 Å². The predicted molar refractivity (Wildman–Crippen MR) is 87.4 cm³/mol. The molecule has 0 spiro atoms. The maximum atomic E-state index is 12.3. The van der Waals surface area contributed by atoms with E-state index in [9.17, 15) is 4.79 Å². The van der Waals surface area contributed by atoms with Crippen molar-refractivity contribution in [2.45, 2.75) is 19.8 Å². The van der Waals surface area contributed by atoms with Gasteiger partial charge in [0.05, 0.1) is 11.6 Å². The van der Waals surface area contributed by atoms with E-state index in [4.69, 9.17) is 11.6 Å². The molecule has 0 aliphatic carbocycles. The lowest BCUT2D eigenvalue weighted by Crippen LogP contribution is -2.19. The van der Waals surface area contributed by atoms with Gasteiger partial charge in [-0.3, -0.25) is 4.79 Å². The summed E-state index contributed by atoms with van der Waals surface area (Å²) in [5.74, 6) is -0.278. The largest absolute Gasteiger partial charge is 0.324 e. The molecule has 1 atom stereocenters. The molecule has 2 rings (SSSR count). The van der Waals surface area contributed by atoms with Crippen LogP contribution in [0.25, 0.3) is 0 Å². The molecular weight excluding hydrogens is 338 g/mol. The Morgan fingerprint density at radius 3 is 2.55 bits per heavy atom. The van der Waals surface area contributed by atoms with Gasteiger partial charge < -0.3 is 5.32 Å². The van der Waals surface area contributed by atoms with E-state index < -0.39 is 0 Å². The highest BCUT2D eigenvalue weighted by Gasteiger charge is 2.16. The number of carbonyl (C=O) groups is 1. The molecule has 1 unspecified atom stereocenters. The molecule has 0 heterocycles. The van der Waals surface area contributed by atoms with Crippen LogP contribution in [-0.4, -0.2) is 5.91 Å². The van der Waals surface area contributed by atoms with E-state index in [1.54, 1.807) is 6.07 Å². The van der Waals surface area contributed by atoms with Gasteiger partial charge in [-0.2, -0.15) is 0 Å². The molecule has 0 fully saturated rings. The molecule has 1 amide bonds. The highest BCUT2D eigenvalue weighted by atomic mass is 79.9. The van der Waals surface area contributed by atoms with Crippen molar-refractivity contribution in [1.82, 2.24) is 0 Å². The fourth-order valence-corrected chi connectivity index (χ4v) is 2.60. The Hall–Kier alpha value is -1.32. The van der Waals surface area contributed by atoms with Gasteiger partial charge in [-0.25, -0.2) is 0 Å². The van der Waals surface area contributed by atoms with Crippen LogP contribution in [0.15, 0.2) is 46.9 Å². The maximum absolute atomic E-state index is 12.3. The topological polar surface area (TPSA) is 29.1 Å². The average molecular weight is 353 g/mol. The lowest BCUT2D eigenvalue weighted by Gasteiger charge is -2.14. The Kier molecular flexibility index (Phi) is 4.84. The molecule has 2 aromatic rings. The minimum atomic E-state index is -0.219. The van der Waals surface area contributed by atoms with Crippen molar-refractivity contribution in [3.8, 4) is 0 Å². The molecule has 2 aromatic carbocycles. The van der Waals surface area contributed by atoms with Crippen molar-refractivity contribution < 1.29 is 4.79 Å². The summed E-state index contributed by atoms with van der Waals surface area (Å²) in [4.78, 5) is 12.3. The van der Waals surface area contributed by atoms with Crippen LogP contribution in [0.1, 0.15) is 24.0 Å². The van der Waals surface area contributed by atoms with Crippen LogP contribution in [-0.2, 0) is 4.79 Å². The van der Waals surface area contributed by atoms with Gasteiger partial charge in [0.1, 0.15) is 0 Å². The molecule has 2 nitrogen and oxygen atoms in total. The Balaban J connectivity index is 2.18. The Morgan fingerprint density at radius 1 is 1.25 bits per heavy atom. The van der Waals surface area contributed by atoms with Crippen molar-refractivity contribution in [1.29, 1.82) is 0 Å². The molecular formula is C16H15BrClNO. The van der Waals surface area contributed by atoms with E-state index >= 15 is 0 Å². The van der Waals surface area contributed by atoms with Crippen LogP contribution < -0.4 is 5.32 Å². The first-order valence-corrected chi connectivity index (χ1v) is 7.47. The van der Waals surface area contributed by atoms with Gasteiger partial charge >= 0.3 is 0 Å². The SMILES string of the molecule is Cc1cc(Br)c(NC(=O)C(C)c2ccccc2)cc1Cl. The van der Waals surface area contributed by atoms with E-state index in [0.29, 0.717) is 10.7 Å². The molecule has 1 N–H and O–H groups in total. The monoisotopic (exact) mass is 351 g/mol. The van der Waals surface area contributed by atoms with Gasteiger partial charge in [0.15, 0.2) is 0 Å². The first-order chi connectivity index (χ1) is 9.49. The van der Waals surface area contributed by atoms with Crippen molar-refractivity contribution >= 4 is 39.1 Å². The molecule has 20 heavy (non-hydrogen) atoms. The Labute approximate surface area is 132 Å². The molecule has 4 heteroatoms. The van der Waals surface area contributed by atoms with E-state index in [1.165, 1.54) is 0 Å². The van der Waals surface area contributed by atoms with Gasteiger partial charge in [0.2, 0.25) is 5.91 Å². The second-order valence-electron chi connectivity index (χ2n) is 4.70. The van der Waals surface area contributed by atoms with Crippen LogP contribution in [0.5, 0.6) is 0 Å². The number of benzene rings is 2. The number of halogens is 2. The van der Waals surface area contributed by atoms with Gasteiger partial charge in [-0.1, -0.05) is 41.9 Å². The summed E-state index contributed by atoms with van der Waals surface area (Å²) in [5, 5.41) is 3.54. The van der Waals surface area contributed by atoms with Crippen LogP contribution in [0.2, 0.25) is 5.02 Å². The number of hydrogen-bond donors (Lipinski definition) is 1. The standard InChI is InChI=1S/C16H15BrClNO/c1-10-8-13(17)15(9-14(10)18)19-16(20)11(2)12-6-4-3-5-7-12/h3-9,11H,1-2H3,(H,19,20). The molecule has 0 radical (unpaired) electrons. The number of anilines is 1. The summed E-state index contributed by atoms with van der Waals surface area (Å²) in [7, 11) is 0. The number of carbonyl (C=O) groups excluding carboxylic acids is 1. The summed E-state index contributed by atoms with van der Waals surface area (Å²) in [6.45, 7) is 3.81. The predicted octanol–water partition coefficient (Wildman–Crippen LogP) is 5.15. The zero-order valence-corrected chi connectivity index (χ0v) is 13.6. The minimum Gasteiger partial charge on any atom is -0.324 e. The van der Waals surface area contributed by atoms with Crippen molar-refractivity contribution in [3.63, 3.8) is 0 Å². The average Bonchev–Trinajstić information content (AvgIpc) is 2.44. The molecule has 0 bridgehead atoms. The summed E-state index contributed by atoms with van der Waals surface area (Å²) in [6.07, 6.45) is 0. The zero-order chi connectivity index (χ0) is 14.7. The third-order valence-corrected chi connectivity index (χ3v) is 4.26. The second-order valence-corrected chi connectivity index (χ2v) is 5.96. The first-order valence-electron chi connectivity index (χ1n) is 6.30. The smallest absolute Gasteiger partial charge is 0.231 e. The van der Waals surface area contributed by atoms with Gasteiger partial charge in [-0.05, 0) is 53.0 Å². The number of amides is 1. The molecule has 0 aliphatic rings. The Bertz CT molecular complexity index is 628. The summed E-state index contributed by atoms with van der Waals surface area (Å²) >= 11 is 9.54. The normalized spacial score (nSPS) is 12.0. The fraction of sp³-hybridized carbons (Fsp3) is 0.188. The number of rotatable bonds is 3. The van der Waals surface area contributed by atoms with Crippen molar-refractivity contribution in [2.75, 3.05) is 5.32 Å². The lowest BCUT2D eigenvalue weighted by molar-refractivity contribution is -0.117. The number of hydrogen-bond acceptors (Lipinski definition) is 1. The maximum Gasteiger partial charge on any atom is 0.231 e.